The topological polar surface area (TPSA) is 56.7 Å². The maximum absolute atomic E-state index is 13.0. The molecule has 0 aliphatic rings. The van der Waals surface area contributed by atoms with Gasteiger partial charge < -0.3 is 5.73 Å². The molecule has 2 aromatic rings. The summed E-state index contributed by atoms with van der Waals surface area (Å²) in [5.41, 5.74) is 6.08. The van der Waals surface area contributed by atoms with Crippen molar-refractivity contribution in [3.63, 3.8) is 0 Å². The standard InChI is InChI=1S/C8H7FN4/c9-6-2-1-3-7(8(6)10)13-5-4-11-12-13/h1-5H,10H2. The number of aromatic nitrogens is 3. The average molecular weight is 178 g/mol. The van der Waals surface area contributed by atoms with Crippen LogP contribution in [0, 0.1) is 5.82 Å². The van der Waals surface area contributed by atoms with Gasteiger partial charge in [0.25, 0.3) is 0 Å². The predicted molar refractivity (Wildman–Crippen MR) is 45.7 cm³/mol. The van der Waals surface area contributed by atoms with Gasteiger partial charge in [-0.3, -0.25) is 0 Å². The molecule has 4 nitrogen and oxygen atoms in total. The molecular formula is C8H7FN4. The van der Waals surface area contributed by atoms with Gasteiger partial charge in [-0.05, 0) is 12.1 Å². The van der Waals surface area contributed by atoms with Gasteiger partial charge in [0.05, 0.1) is 23.8 Å². The van der Waals surface area contributed by atoms with E-state index < -0.39 is 5.82 Å². The highest BCUT2D eigenvalue weighted by molar-refractivity contribution is 5.57. The van der Waals surface area contributed by atoms with Crippen LogP contribution in [0.1, 0.15) is 0 Å². The van der Waals surface area contributed by atoms with Crippen LogP contribution in [0.2, 0.25) is 0 Å². The van der Waals surface area contributed by atoms with E-state index in [0.717, 1.165) is 0 Å². The molecule has 2 N–H and O–H groups in total. The van der Waals surface area contributed by atoms with Gasteiger partial charge in [0, 0.05) is 0 Å². The second-order valence-electron chi connectivity index (χ2n) is 2.52. The second kappa shape index (κ2) is 2.85. The Kier molecular flexibility index (Phi) is 1.70. The molecule has 66 valence electrons. The van der Waals surface area contributed by atoms with Crippen LogP contribution in [-0.4, -0.2) is 15.0 Å². The van der Waals surface area contributed by atoms with E-state index in [1.165, 1.54) is 16.9 Å². The SMILES string of the molecule is Nc1c(F)cccc1-n1ccnn1. The van der Waals surface area contributed by atoms with E-state index in [0.29, 0.717) is 5.69 Å². The maximum atomic E-state index is 13.0. The van der Waals surface area contributed by atoms with Crippen LogP contribution in [0.3, 0.4) is 0 Å². The first-order chi connectivity index (χ1) is 6.29. The molecule has 1 aromatic heterocycles. The zero-order valence-electron chi connectivity index (χ0n) is 6.68. The van der Waals surface area contributed by atoms with Crippen LogP contribution in [-0.2, 0) is 0 Å². The van der Waals surface area contributed by atoms with E-state index in [-0.39, 0.29) is 5.69 Å². The quantitative estimate of drug-likeness (QED) is 0.662. The average Bonchev–Trinajstić information content (AvgIpc) is 2.62. The Morgan fingerprint density at radius 3 is 2.92 bits per heavy atom. The lowest BCUT2D eigenvalue weighted by atomic mass is 10.2. The molecule has 0 atom stereocenters. The first-order valence-electron chi connectivity index (χ1n) is 3.70. The van der Waals surface area contributed by atoms with Crippen molar-refractivity contribution in [2.45, 2.75) is 0 Å². The number of nitrogens with two attached hydrogens (primary N) is 1. The summed E-state index contributed by atoms with van der Waals surface area (Å²) in [6.45, 7) is 0. The number of hydrogen-bond acceptors (Lipinski definition) is 3. The fourth-order valence-electron chi connectivity index (χ4n) is 1.06. The molecule has 1 heterocycles. The fourth-order valence-corrected chi connectivity index (χ4v) is 1.06. The molecule has 1 aromatic carbocycles. The minimum absolute atomic E-state index is 0.0769. The summed E-state index contributed by atoms with van der Waals surface area (Å²) in [5, 5.41) is 7.31. The molecule has 0 fully saturated rings. The zero-order valence-corrected chi connectivity index (χ0v) is 6.68. The molecule has 0 saturated carbocycles. The Bertz CT molecular complexity index is 410. The maximum Gasteiger partial charge on any atom is 0.148 e. The number of nitrogen functional groups attached to an aromatic ring is 1. The molecule has 13 heavy (non-hydrogen) atoms. The normalized spacial score (nSPS) is 10.2. The number of para-hydroxylation sites is 1. The Labute approximate surface area is 73.8 Å². The number of anilines is 1. The summed E-state index contributed by atoms with van der Waals surface area (Å²) in [6, 6.07) is 4.55. The summed E-state index contributed by atoms with van der Waals surface area (Å²) in [6.07, 6.45) is 3.11. The lowest BCUT2D eigenvalue weighted by Crippen LogP contribution is -2.02. The monoisotopic (exact) mass is 178 g/mol. The van der Waals surface area contributed by atoms with E-state index in [4.69, 9.17) is 5.73 Å². The first kappa shape index (κ1) is 7.72. The fraction of sp³-hybridized carbons (Fsp3) is 0. The van der Waals surface area contributed by atoms with Gasteiger partial charge >= 0.3 is 0 Å². The van der Waals surface area contributed by atoms with Crippen molar-refractivity contribution < 1.29 is 4.39 Å². The molecule has 0 bridgehead atoms. The Morgan fingerprint density at radius 2 is 2.23 bits per heavy atom. The third kappa shape index (κ3) is 1.24. The van der Waals surface area contributed by atoms with E-state index in [1.807, 2.05) is 0 Å². The van der Waals surface area contributed by atoms with Gasteiger partial charge in [-0.25, -0.2) is 9.07 Å². The molecule has 0 spiro atoms. The van der Waals surface area contributed by atoms with Crippen LogP contribution in [0.25, 0.3) is 5.69 Å². The Morgan fingerprint density at radius 1 is 1.38 bits per heavy atom. The smallest absolute Gasteiger partial charge is 0.148 e. The van der Waals surface area contributed by atoms with Crippen LogP contribution in [0.5, 0.6) is 0 Å². The number of halogens is 1. The van der Waals surface area contributed by atoms with Gasteiger partial charge in [-0.2, -0.15) is 0 Å². The van der Waals surface area contributed by atoms with Gasteiger partial charge in [0.2, 0.25) is 0 Å². The van der Waals surface area contributed by atoms with Crippen LogP contribution < -0.4 is 5.73 Å². The van der Waals surface area contributed by atoms with Crippen molar-refractivity contribution in [1.82, 2.24) is 15.0 Å². The van der Waals surface area contributed by atoms with Crippen LogP contribution >= 0.6 is 0 Å². The Balaban J connectivity index is 2.59. The Hall–Kier alpha value is -1.91. The second-order valence-corrected chi connectivity index (χ2v) is 2.52. The third-order valence-electron chi connectivity index (χ3n) is 1.70. The van der Waals surface area contributed by atoms with Gasteiger partial charge in [-0.15, -0.1) is 5.10 Å². The molecule has 0 radical (unpaired) electrons. The minimum atomic E-state index is -0.451. The van der Waals surface area contributed by atoms with Gasteiger partial charge in [0.15, 0.2) is 0 Å². The van der Waals surface area contributed by atoms with E-state index in [1.54, 1.807) is 18.3 Å². The summed E-state index contributed by atoms with van der Waals surface area (Å²) < 4.78 is 14.4. The summed E-state index contributed by atoms with van der Waals surface area (Å²) in [5.74, 6) is -0.451. The molecule has 5 heteroatoms. The van der Waals surface area contributed by atoms with Gasteiger partial charge in [0.1, 0.15) is 5.82 Å². The number of rotatable bonds is 1. The highest BCUT2D eigenvalue weighted by atomic mass is 19.1. The number of benzene rings is 1. The molecule has 0 aliphatic carbocycles. The predicted octanol–water partition coefficient (Wildman–Crippen LogP) is 0.989. The van der Waals surface area contributed by atoms with Crippen LogP contribution in [0.15, 0.2) is 30.6 Å². The molecule has 0 aliphatic heterocycles. The zero-order chi connectivity index (χ0) is 9.26. The number of nitrogens with zero attached hydrogens (tertiary/aromatic N) is 3. The highest BCUT2D eigenvalue weighted by Crippen LogP contribution is 2.18. The van der Waals surface area contributed by atoms with Crippen molar-refractivity contribution >= 4 is 5.69 Å². The number of hydrogen-bond donors (Lipinski definition) is 1. The van der Waals surface area contributed by atoms with E-state index >= 15 is 0 Å². The van der Waals surface area contributed by atoms with Gasteiger partial charge in [-0.1, -0.05) is 11.3 Å². The lowest BCUT2D eigenvalue weighted by molar-refractivity contribution is 0.630. The molecular weight excluding hydrogens is 171 g/mol. The minimum Gasteiger partial charge on any atom is -0.395 e. The van der Waals surface area contributed by atoms with Crippen LogP contribution in [0.4, 0.5) is 10.1 Å². The molecule has 2 rings (SSSR count). The van der Waals surface area contributed by atoms with E-state index in [9.17, 15) is 4.39 Å². The molecule has 0 amide bonds. The third-order valence-corrected chi connectivity index (χ3v) is 1.70. The summed E-state index contributed by atoms with van der Waals surface area (Å²) in [7, 11) is 0. The molecule has 0 unspecified atom stereocenters. The van der Waals surface area contributed by atoms with E-state index in [2.05, 4.69) is 10.3 Å². The summed E-state index contributed by atoms with van der Waals surface area (Å²) >= 11 is 0. The summed E-state index contributed by atoms with van der Waals surface area (Å²) in [4.78, 5) is 0. The van der Waals surface area contributed by atoms with Crippen molar-refractivity contribution in [2.24, 2.45) is 0 Å². The lowest BCUT2D eigenvalue weighted by Gasteiger charge is -2.04. The molecule has 0 saturated heterocycles. The highest BCUT2D eigenvalue weighted by Gasteiger charge is 2.05. The van der Waals surface area contributed by atoms with Crippen molar-refractivity contribution in [3.8, 4) is 5.69 Å². The van der Waals surface area contributed by atoms with Crippen molar-refractivity contribution in [2.75, 3.05) is 5.73 Å². The largest absolute Gasteiger partial charge is 0.395 e. The van der Waals surface area contributed by atoms with Crippen molar-refractivity contribution in [1.29, 1.82) is 0 Å². The van der Waals surface area contributed by atoms with Crippen molar-refractivity contribution in [3.05, 3.63) is 36.4 Å². The first-order valence-corrected chi connectivity index (χ1v) is 3.70.